The number of ether oxygens (including phenoxy) is 2. The SMILES string of the molecule is CCCCOc1cccc(NC(=S)NC(=O)c2cccc(OCCC(C)C)c2)c1. The average molecular weight is 415 g/mol. The lowest BCUT2D eigenvalue weighted by Crippen LogP contribution is -2.34. The number of thiocarbonyl (C=S) groups is 1. The summed E-state index contributed by atoms with van der Waals surface area (Å²) in [6, 6.07) is 14.6. The number of nitrogens with one attached hydrogen (secondary N) is 2. The average Bonchev–Trinajstić information content (AvgIpc) is 2.68. The first-order valence-corrected chi connectivity index (χ1v) is 10.5. The number of unbranched alkanes of at least 4 members (excludes halogenated alkanes) is 1. The van der Waals surface area contributed by atoms with E-state index in [0.29, 0.717) is 30.4 Å². The number of hydrogen-bond donors (Lipinski definition) is 2. The molecule has 0 heterocycles. The molecule has 0 spiro atoms. The van der Waals surface area contributed by atoms with Crippen molar-refractivity contribution in [3.8, 4) is 11.5 Å². The first kappa shape index (κ1) is 22.7. The first-order valence-electron chi connectivity index (χ1n) is 10.1. The fourth-order valence-corrected chi connectivity index (χ4v) is 2.69. The second kappa shape index (κ2) is 12.1. The van der Waals surface area contributed by atoms with Gasteiger partial charge in [-0.15, -0.1) is 0 Å². The predicted molar refractivity (Wildman–Crippen MR) is 122 cm³/mol. The molecule has 0 saturated heterocycles. The van der Waals surface area contributed by atoms with Gasteiger partial charge >= 0.3 is 0 Å². The summed E-state index contributed by atoms with van der Waals surface area (Å²) in [6.45, 7) is 7.72. The van der Waals surface area contributed by atoms with Crippen LogP contribution in [0.3, 0.4) is 0 Å². The third-order valence-corrected chi connectivity index (χ3v) is 4.35. The van der Waals surface area contributed by atoms with Crippen molar-refractivity contribution in [1.29, 1.82) is 0 Å². The van der Waals surface area contributed by atoms with E-state index in [-0.39, 0.29) is 11.0 Å². The Kier molecular flexibility index (Phi) is 9.44. The van der Waals surface area contributed by atoms with Crippen molar-refractivity contribution >= 4 is 28.9 Å². The molecular weight excluding hydrogens is 384 g/mol. The molecule has 0 aliphatic heterocycles. The van der Waals surface area contributed by atoms with Crippen LogP contribution >= 0.6 is 12.2 Å². The summed E-state index contributed by atoms with van der Waals surface area (Å²) in [7, 11) is 0. The second-order valence-corrected chi connectivity index (χ2v) is 7.61. The maximum Gasteiger partial charge on any atom is 0.257 e. The standard InChI is InChI=1S/C23H30N2O3S/c1-4-5-13-27-21-11-7-9-19(16-21)24-23(29)25-22(26)18-8-6-10-20(15-18)28-14-12-17(2)3/h6-11,15-17H,4-5,12-14H2,1-3H3,(H2,24,25,26,29). The molecule has 0 aromatic heterocycles. The van der Waals surface area contributed by atoms with Gasteiger partial charge in [0.2, 0.25) is 0 Å². The Balaban J connectivity index is 1.89. The lowest BCUT2D eigenvalue weighted by atomic mass is 10.1. The van der Waals surface area contributed by atoms with Gasteiger partial charge < -0.3 is 14.8 Å². The lowest BCUT2D eigenvalue weighted by Gasteiger charge is -2.12. The molecule has 29 heavy (non-hydrogen) atoms. The number of hydrogen-bond acceptors (Lipinski definition) is 4. The van der Waals surface area contributed by atoms with Crippen LogP contribution in [-0.4, -0.2) is 24.2 Å². The van der Waals surface area contributed by atoms with Crippen LogP contribution in [0.25, 0.3) is 0 Å². The summed E-state index contributed by atoms with van der Waals surface area (Å²) in [5, 5.41) is 5.95. The van der Waals surface area contributed by atoms with E-state index in [0.717, 1.165) is 30.7 Å². The third kappa shape index (κ3) is 8.52. The minimum absolute atomic E-state index is 0.229. The highest BCUT2D eigenvalue weighted by Crippen LogP contribution is 2.18. The Hall–Kier alpha value is -2.60. The zero-order valence-corrected chi connectivity index (χ0v) is 18.2. The van der Waals surface area contributed by atoms with Crippen LogP contribution in [-0.2, 0) is 0 Å². The highest BCUT2D eigenvalue weighted by molar-refractivity contribution is 7.80. The van der Waals surface area contributed by atoms with E-state index < -0.39 is 0 Å². The van der Waals surface area contributed by atoms with Gasteiger partial charge in [0.25, 0.3) is 5.91 Å². The Bertz CT molecular complexity index is 808. The molecule has 2 aromatic rings. The number of benzene rings is 2. The van der Waals surface area contributed by atoms with Gasteiger partial charge in [-0.2, -0.15) is 0 Å². The van der Waals surface area contributed by atoms with Crippen LogP contribution in [0.2, 0.25) is 0 Å². The zero-order chi connectivity index (χ0) is 21.1. The number of anilines is 1. The van der Waals surface area contributed by atoms with Crippen molar-refractivity contribution < 1.29 is 14.3 Å². The van der Waals surface area contributed by atoms with Crippen LogP contribution in [0.15, 0.2) is 48.5 Å². The van der Waals surface area contributed by atoms with Crippen LogP contribution in [0.4, 0.5) is 5.69 Å². The van der Waals surface area contributed by atoms with E-state index in [9.17, 15) is 4.79 Å². The van der Waals surface area contributed by atoms with Crippen LogP contribution in [0.1, 0.15) is 50.4 Å². The second-order valence-electron chi connectivity index (χ2n) is 7.20. The van der Waals surface area contributed by atoms with Crippen molar-refractivity contribution in [1.82, 2.24) is 5.32 Å². The van der Waals surface area contributed by atoms with Crippen LogP contribution in [0.5, 0.6) is 11.5 Å². The monoisotopic (exact) mass is 414 g/mol. The van der Waals surface area contributed by atoms with Gasteiger partial charge in [-0.1, -0.05) is 39.3 Å². The number of rotatable bonds is 10. The maximum atomic E-state index is 12.5. The molecule has 2 rings (SSSR count). The van der Waals surface area contributed by atoms with E-state index >= 15 is 0 Å². The highest BCUT2D eigenvalue weighted by atomic mass is 32.1. The van der Waals surface area contributed by atoms with E-state index in [1.807, 2.05) is 30.3 Å². The Morgan fingerprint density at radius 3 is 2.45 bits per heavy atom. The zero-order valence-electron chi connectivity index (χ0n) is 17.4. The molecule has 6 heteroatoms. The Morgan fingerprint density at radius 2 is 1.72 bits per heavy atom. The molecule has 0 bridgehead atoms. The maximum absolute atomic E-state index is 12.5. The lowest BCUT2D eigenvalue weighted by molar-refractivity contribution is 0.0977. The highest BCUT2D eigenvalue weighted by Gasteiger charge is 2.10. The molecule has 0 atom stereocenters. The first-order chi connectivity index (χ1) is 14.0. The van der Waals surface area contributed by atoms with Gasteiger partial charge in [0.05, 0.1) is 13.2 Å². The summed E-state index contributed by atoms with van der Waals surface area (Å²) < 4.78 is 11.4. The number of carbonyl (C=O) groups excluding carboxylic acids is 1. The molecule has 156 valence electrons. The van der Waals surface area contributed by atoms with E-state index in [1.54, 1.807) is 18.2 Å². The molecule has 0 fully saturated rings. The van der Waals surface area contributed by atoms with Gasteiger partial charge in [0.1, 0.15) is 11.5 Å². The largest absolute Gasteiger partial charge is 0.494 e. The minimum Gasteiger partial charge on any atom is -0.494 e. The van der Waals surface area contributed by atoms with Crippen LogP contribution < -0.4 is 20.1 Å². The molecule has 0 radical (unpaired) electrons. The Morgan fingerprint density at radius 1 is 1.03 bits per heavy atom. The normalized spacial score (nSPS) is 10.5. The fourth-order valence-electron chi connectivity index (χ4n) is 2.48. The van der Waals surface area contributed by atoms with E-state index in [4.69, 9.17) is 21.7 Å². The van der Waals surface area contributed by atoms with Gasteiger partial charge in [-0.05, 0) is 61.3 Å². The van der Waals surface area contributed by atoms with Gasteiger partial charge in [-0.25, -0.2) is 0 Å². The van der Waals surface area contributed by atoms with Gasteiger partial charge in [0.15, 0.2) is 5.11 Å². The third-order valence-electron chi connectivity index (χ3n) is 4.15. The van der Waals surface area contributed by atoms with E-state index in [2.05, 4.69) is 31.4 Å². The Labute approximate surface area is 178 Å². The molecule has 5 nitrogen and oxygen atoms in total. The summed E-state index contributed by atoms with van der Waals surface area (Å²) in [5.74, 6) is 1.73. The molecule has 0 saturated carbocycles. The van der Waals surface area contributed by atoms with Crippen molar-refractivity contribution in [3.63, 3.8) is 0 Å². The molecule has 0 unspecified atom stereocenters. The quantitative estimate of drug-likeness (QED) is 0.402. The minimum atomic E-state index is -0.285. The van der Waals surface area contributed by atoms with Crippen molar-refractivity contribution in [2.45, 2.75) is 40.0 Å². The number of carbonyl (C=O) groups is 1. The van der Waals surface area contributed by atoms with Crippen molar-refractivity contribution in [2.75, 3.05) is 18.5 Å². The fraction of sp³-hybridized carbons (Fsp3) is 0.391. The molecule has 0 aliphatic rings. The van der Waals surface area contributed by atoms with Crippen molar-refractivity contribution in [3.05, 3.63) is 54.1 Å². The van der Waals surface area contributed by atoms with Crippen LogP contribution in [0, 0.1) is 5.92 Å². The molecule has 1 amide bonds. The predicted octanol–water partition coefficient (Wildman–Crippen LogP) is 5.42. The van der Waals surface area contributed by atoms with Gasteiger partial charge in [-0.3, -0.25) is 10.1 Å². The summed E-state index contributed by atoms with van der Waals surface area (Å²) >= 11 is 5.28. The molecule has 2 N–H and O–H groups in total. The summed E-state index contributed by atoms with van der Waals surface area (Å²) in [6.07, 6.45) is 3.05. The van der Waals surface area contributed by atoms with Gasteiger partial charge in [0, 0.05) is 17.3 Å². The van der Waals surface area contributed by atoms with E-state index in [1.165, 1.54) is 0 Å². The smallest absolute Gasteiger partial charge is 0.257 e. The molecule has 2 aromatic carbocycles. The van der Waals surface area contributed by atoms with Crippen molar-refractivity contribution in [2.24, 2.45) is 5.92 Å². The summed E-state index contributed by atoms with van der Waals surface area (Å²) in [4.78, 5) is 12.5. The molecular formula is C23H30N2O3S. The number of amides is 1. The topological polar surface area (TPSA) is 59.6 Å². The molecule has 0 aliphatic carbocycles. The summed E-state index contributed by atoms with van der Waals surface area (Å²) in [5.41, 5.74) is 1.25.